The first-order chi connectivity index (χ1) is 6.75. The topological polar surface area (TPSA) is 38.9 Å². The molecule has 2 N–H and O–H groups in total. The molecule has 8 heteroatoms. The van der Waals surface area contributed by atoms with Gasteiger partial charge in [-0.15, -0.1) is 0 Å². The van der Waals surface area contributed by atoms with Gasteiger partial charge in [0.15, 0.2) is 0 Å². The predicted molar refractivity (Wildman–Crippen MR) is 38.6 cm³/mol. The summed E-state index contributed by atoms with van der Waals surface area (Å²) in [5, 5.41) is 0. The van der Waals surface area contributed by atoms with E-state index in [0.717, 1.165) is 0 Å². The van der Waals surface area contributed by atoms with Crippen LogP contribution in [0, 0.1) is 5.95 Å². The average Bonchev–Trinajstić information content (AvgIpc) is 2.06. The number of nitrogen functional groups attached to an aromatic ring is 1. The summed E-state index contributed by atoms with van der Waals surface area (Å²) < 4.78 is 73.6. The molecule has 84 valence electrons. The van der Waals surface area contributed by atoms with E-state index < -0.39 is 35.4 Å². The number of rotatable bonds is 1. The number of anilines is 1. The van der Waals surface area contributed by atoms with E-state index in [1.165, 1.54) is 0 Å². The lowest BCUT2D eigenvalue weighted by Gasteiger charge is -2.14. The van der Waals surface area contributed by atoms with Gasteiger partial charge in [0.25, 0.3) is 6.43 Å². The summed E-state index contributed by atoms with van der Waals surface area (Å²) in [5.74, 6) is -1.62. The third kappa shape index (κ3) is 2.13. The quantitative estimate of drug-likeness (QED) is 0.595. The van der Waals surface area contributed by atoms with Crippen molar-refractivity contribution < 1.29 is 26.3 Å². The second-order valence-corrected chi connectivity index (χ2v) is 2.59. The maximum atomic E-state index is 12.6. The van der Waals surface area contributed by atoms with Crippen molar-refractivity contribution in [3.8, 4) is 0 Å². The zero-order valence-electron chi connectivity index (χ0n) is 6.95. The molecule has 15 heavy (non-hydrogen) atoms. The zero-order valence-corrected chi connectivity index (χ0v) is 6.95. The maximum Gasteiger partial charge on any atom is 0.419 e. The van der Waals surface area contributed by atoms with E-state index in [9.17, 15) is 26.3 Å². The fraction of sp³-hybridized carbons (Fsp3) is 0.286. The van der Waals surface area contributed by atoms with Crippen LogP contribution in [0.1, 0.15) is 17.6 Å². The number of aromatic nitrogens is 1. The molecule has 0 aromatic carbocycles. The number of alkyl halides is 5. The second-order valence-electron chi connectivity index (χ2n) is 2.59. The maximum absolute atomic E-state index is 12.6. The van der Waals surface area contributed by atoms with Crippen molar-refractivity contribution in [2.75, 3.05) is 5.73 Å². The van der Waals surface area contributed by atoms with E-state index in [1.807, 2.05) is 0 Å². The Bertz CT molecular complexity index is 372. The van der Waals surface area contributed by atoms with Crippen molar-refractivity contribution in [2.24, 2.45) is 0 Å². The fourth-order valence-corrected chi connectivity index (χ4v) is 1.00. The minimum Gasteiger partial charge on any atom is -0.395 e. The highest BCUT2D eigenvalue weighted by atomic mass is 19.4. The van der Waals surface area contributed by atoms with Crippen LogP contribution in [0.15, 0.2) is 6.20 Å². The first kappa shape index (κ1) is 11.6. The number of nitrogens with zero attached hydrogens (tertiary/aromatic N) is 1. The minimum atomic E-state index is -5.14. The molecule has 1 heterocycles. The molecule has 2 nitrogen and oxygen atoms in total. The van der Waals surface area contributed by atoms with Crippen molar-refractivity contribution in [1.82, 2.24) is 4.98 Å². The highest BCUT2D eigenvalue weighted by molar-refractivity contribution is 5.51. The van der Waals surface area contributed by atoms with Gasteiger partial charge in [-0.25, -0.2) is 13.8 Å². The Kier molecular flexibility index (Phi) is 2.78. The van der Waals surface area contributed by atoms with Gasteiger partial charge < -0.3 is 5.73 Å². The highest BCUT2D eigenvalue weighted by Gasteiger charge is 2.39. The molecule has 0 saturated heterocycles. The smallest absolute Gasteiger partial charge is 0.395 e. The lowest BCUT2D eigenvalue weighted by molar-refractivity contribution is -0.139. The summed E-state index contributed by atoms with van der Waals surface area (Å²) in [5.41, 5.74) is 0.000486. The van der Waals surface area contributed by atoms with Crippen LogP contribution in [0.3, 0.4) is 0 Å². The minimum absolute atomic E-state index is 0.124. The summed E-state index contributed by atoms with van der Waals surface area (Å²) in [4.78, 5) is 2.70. The summed E-state index contributed by atoms with van der Waals surface area (Å²) in [6, 6.07) is 0. The fourth-order valence-electron chi connectivity index (χ4n) is 1.00. The van der Waals surface area contributed by atoms with E-state index >= 15 is 0 Å². The average molecular weight is 230 g/mol. The molecule has 0 bridgehead atoms. The van der Waals surface area contributed by atoms with Gasteiger partial charge in [0.1, 0.15) is 5.69 Å². The molecular formula is C7H4F6N2. The first-order valence-corrected chi connectivity index (χ1v) is 3.54. The molecule has 0 aliphatic carbocycles. The van der Waals surface area contributed by atoms with Crippen LogP contribution in [0.25, 0.3) is 0 Å². The normalized spacial score (nSPS) is 12.2. The summed E-state index contributed by atoms with van der Waals surface area (Å²) in [6.45, 7) is 0. The molecule has 0 radical (unpaired) electrons. The molecule has 0 unspecified atom stereocenters. The van der Waals surface area contributed by atoms with Crippen molar-refractivity contribution >= 4 is 5.69 Å². The number of halogens is 6. The summed E-state index contributed by atoms with van der Waals surface area (Å²) in [6.07, 6.45) is -8.43. The van der Waals surface area contributed by atoms with Crippen molar-refractivity contribution in [3.63, 3.8) is 0 Å². The molecule has 1 aromatic rings. The third-order valence-corrected chi connectivity index (χ3v) is 1.62. The Balaban J connectivity index is 3.49. The highest BCUT2D eigenvalue weighted by Crippen LogP contribution is 2.39. The Morgan fingerprint density at radius 1 is 1.27 bits per heavy atom. The largest absolute Gasteiger partial charge is 0.419 e. The SMILES string of the molecule is Nc1c(F)ncc(C(F)F)c1C(F)(F)F. The first-order valence-electron chi connectivity index (χ1n) is 3.54. The number of hydrogen-bond donors (Lipinski definition) is 1. The molecule has 1 rings (SSSR count). The van der Waals surface area contributed by atoms with Crippen LogP contribution in [0.2, 0.25) is 0 Å². The van der Waals surface area contributed by atoms with Crippen LogP contribution in [-0.2, 0) is 6.18 Å². The molecule has 0 amide bonds. The summed E-state index contributed by atoms with van der Waals surface area (Å²) >= 11 is 0. The van der Waals surface area contributed by atoms with Crippen molar-refractivity contribution in [1.29, 1.82) is 0 Å². The van der Waals surface area contributed by atoms with Gasteiger partial charge in [-0.3, -0.25) is 0 Å². The van der Waals surface area contributed by atoms with E-state index in [1.54, 1.807) is 0 Å². The van der Waals surface area contributed by atoms with Gasteiger partial charge in [0.2, 0.25) is 5.95 Å². The molecule has 0 spiro atoms. The van der Waals surface area contributed by atoms with E-state index in [-0.39, 0.29) is 6.20 Å². The van der Waals surface area contributed by atoms with Gasteiger partial charge in [-0.1, -0.05) is 0 Å². The molecule has 0 saturated carbocycles. The lowest BCUT2D eigenvalue weighted by Crippen LogP contribution is -2.15. The van der Waals surface area contributed by atoms with E-state index in [2.05, 4.69) is 4.98 Å². The van der Waals surface area contributed by atoms with Gasteiger partial charge in [0.05, 0.1) is 11.1 Å². The monoisotopic (exact) mass is 230 g/mol. The Hall–Kier alpha value is -1.47. The van der Waals surface area contributed by atoms with Gasteiger partial charge >= 0.3 is 6.18 Å². The zero-order chi connectivity index (χ0) is 11.8. The third-order valence-electron chi connectivity index (χ3n) is 1.62. The molecular weight excluding hydrogens is 226 g/mol. The van der Waals surface area contributed by atoms with Gasteiger partial charge in [-0.2, -0.15) is 17.6 Å². The van der Waals surface area contributed by atoms with Crippen molar-refractivity contribution in [2.45, 2.75) is 12.6 Å². The lowest BCUT2D eigenvalue weighted by atomic mass is 10.1. The molecule has 0 aliphatic rings. The van der Waals surface area contributed by atoms with Crippen LogP contribution >= 0.6 is 0 Å². The van der Waals surface area contributed by atoms with E-state index in [4.69, 9.17) is 5.73 Å². The molecule has 0 aliphatic heterocycles. The number of nitrogens with two attached hydrogens (primary N) is 1. The molecule has 0 fully saturated rings. The van der Waals surface area contributed by atoms with Crippen LogP contribution in [0.4, 0.5) is 32.0 Å². The van der Waals surface area contributed by atoms with Gasteiger partial charge in [0, 0.05) is 6.20 Å². The van der Waals surface area contributed by atoms with E-state index in [0.29, 0.717) is 0 Å². The Morgan fingerprint density at radius 3 is 2.20 bits per heavy atom. The summed E-state index contributed by atoms with van der Waals surface area (Å²) in [7, 11) is 0. The number of hydrogen-bond acceptors (Lipinski definition) is 2. The Labute approximate surface area is 79.7 Å². The predicted octanol–water partition coefficient (Wildman–Crippen LogP) is 2.76. The molecule has 0 atom stereocenters. The van der Waals surface area contributed by atoms with Gasteiger partial charge in [-0.05, 0) is 0 Å². The van der Waals surface area contributed by atoms with Crippen molar-refractivity contribution in [3.05, 3.63) is 23.3 Å². The Morgan fingerprint density at radius 2 is 1.80 bits per heavy atom. The van der Waals surface area contributed by atoms with Crippen LogP contribution in [-0.4, -0.2) is 4.98 Å². The van der Waals surface area contributed by atoms with Crippen LogP contribution < -0.4 is 5.73 Å². The number of pyridine rings is 1. The molecule has 1 aromatic heterocycles. The second kappa shape index (κ2) is 3.59. The van der Waals surface area contributed by atoms with Crippen LogP contribution in [0.5, 0.6) is 0 Å². The standard InChI is InChI=1S/C7H4F6N2/c8-5(9)2-1-15-6(10)4(14)3(2)7(11,12)13/h1,5H,14H2.